The predicted molar refractivity (Wildman–Crippen MR) is 123 cm³/mol. The summed E-state index contributed by atoms with van der Waals surface area (Å²) in [5.74, 6) is 0.142. The molecule has 2 aromatic carbocycles. The fourth-order valence-corrected chi connectivity index (χ4v) is 3.71. The van der Waals surface area contributed by atoms with Crippen LogP contribution in [0.2, 0.25) is 0 Å². The van der Waals surface area contributed by atoms with Gasteiger partial charge in [-0.2, -0.15) is 9.13 Å². The molecule has 2 aromatic heterocycles. The number of nitrogens with zero attached hydrogens (tertiary/aromatic N) is 2. The van der Waals surface area contributed by atoms with E-state index in [-0.39, 0.29) is 45.5 Å². The molecular formula is C28H26Br2N2O2. The van der Waals surface area contributed by atoms with Crippen molar-refractivity contribution in [3.63, 3.8) is 0 Å². The highest BCUT2D eigenvalue weighted by molar-refractivity contribution is 5.96. The van der Waals surface area contributed by atoms with Gasteiger partial charge in [0.05, 0.1) is 0 Å². The number of aromatic nitrogens is 2. The second kappa shape index (κ2) is 12.5. The topological polar surface area (TPSA) is 41.9 Å². The molecule has 0 N–H and O–H groups in total. The molecule has 174 valence electrons. The van der Waals surface area contributed by atoms with Crippen molar-refractivity contribution in [2.24, 2.45) is 0 Å². The Morgan fingerprint density at radius 2 is 0.941 bits per heavy atom. The number of carbonyl (C=O) groups is 2. The van der Waals surface area contributed by atoms with Crippen LogP contribution in [0.25, 0.3) is 11.1 Å². The standard InChI is InChI=1S/C28H26N2O2.2BrH/c1-21-5-3-15-29(17-21)19-27(31)25-11-7-23(8-12-25)24-9-13-26(14-10-24)28(32)20-30-16-4-6-22(2)18-30;;/h3-18H,19-20H2,1-2H3;2*1H/q+2;;/p-2. The van der Waals surface area contributed by atoms with Crippen LogP contribution >= 0.6 is 0 Å². The smallest absolute Gasteiger partial charge is 0.227 e. The van der Waals surface area contributed by atoms with E-state index in [1.165, 1.54) is 0 Å². The minimum Gasteiger partial charge on any atom is -1.00 e. The van der Waals surface area contributed by atoms with Crippen molar-refractivity contribution < 1.29 is 52.7 Å². The summed E-state index contributed by atoms with van der Waals surface area (Å²) in [7, 11) is 0. The molecule has 6 heteroatoms. The van der Waals surface area contributed by atoms with Crippen molar-refractivity contribution in [2.75, 3.05) is 0 Å². The first-order valence-electron chi connectivity index (χ1n) is 10.7. The molecule has 0 aliphatic rings. The molecule has 0 fully saturated rings. The molecule has 2 heterocycles. The lowest BCUT2D eigenvalue weighted by Crippen LogP contribution is -3.00. The monoisotopic (exact) mass is 580 g/mol. The van der Waals surface area contributed by atoms with Gasteiger partial charge in [-0.1, -0.05) is 48.5 Å². The maximum Gasteiger partial charge on any atom is 0.227 e. The zero-order valence-corrected chi connectivity index (χ0v) is 22.3. The van der Waals surface area contributed by atoms with Crippen LogP contribution in [0.15, 0.2) is 97.6 Å². The second-order valence-electron chi connectivity index (χ2n) is 8.11. The van der Waals surface area contributed by atoms with Gasteiger partial charge < -0.3 is 34.0 Å². The Morgan fingerprint density at radius 3 is 1.26 bits per heavy atom. The predicted octanol–water partition coefficient (Wildman–Crippen LogP) is -1.68. The number of aryl methyl sites for hydroxylation is 2. The fourth-order valence-electron chi connectivity index (χ4n) is 3.71. The average molecular weight is 582 g/mol. The lowest BCUT2D eigenvalue weighted by Gasteiger charge is -2.05. The van der Waals surface area contributed by atoms with Crippen LogP contribution in [0.1, 0.15) is 31.8 Å². The van der Waals surface area contributed by atoms with E-state index < -0.39 is 0 Å². The third-order valence-corrected chi connectivity index (χ3v) is 5.41. The van der Waals surface area contributed by atoms with Crippen LogP contribution in [0.5, 0.6) is 0 Å². The van der Waals surface area contributed by atoms with Gasteiger partial charge in [-0.05, 0) is 37.1 Å². The van der Waals surface area contributed by atoms with Gasteiger partial charge in [-0.25, -0.2) is 0 Å². The molecule has 0 bridgehead atoms. The van der Waals surface area contributed by atoms with Gasteiger partial charge in [0.2, 0.25) is 24.7 Å². The quantitative estimate of drug-likeness (QED) is 0.193. The van der Waals surface area contributed by atoms with Crippen LogP contribution in [0, 0.1) is 13.8 Å². The van der Waals surface area contributed by atoms with Crippen LogP contribution < -0.4 is 43.1 Å². The first-order valence-corrected chi connectivity index (χ1v) is 10.7. The molecule has 34 heavy (non-hydrogen) atoms. The summed E-state index contributed by atoms with van der Waals surface area (Å²) >= 11 is 0. The van der Waals surface area contributed by atoms with Gasteiger partial charge >= 0.3 is 0 Å². The molecule has 4 rings (SSSR count). The number of pyridine rings is 2. The normalized spacial score (nSPS) is 10.1. The van der Waals surface area contributed by atoms with E-state index in [2.05, 4.69) is 0 Å². The average Bonchev–Trinajstić information content (AvgIpc) is 2.79. The summed E-state index contributed by atoms with van der Waals surface area (Å²) in [6, 6.07) is 23.2. The SMILES string of the molecule is Cc1ccc[n+](CC(=O)c2ccc(-c3ccc(C(=O)C[n+]4cccc(C)c4)cc3)cc2)c1.[Br-].[Br-]. The molecule has 0 aliphatic carbocycles. The third kappa shape index (κ3) is 7.02. The first kappa shape index (κ1) is 27.3. The molecule has 0 unspecified atom stereocenters. The highest BCUT2D eigenvalue weighted by atomic mass is 79.9. The first-order chi connectivity index (χ1) is 15.5. The second-order valence-corrected chi connectivity index (χ2v) is 8.11. The number of hydrogen-bond acceptors (Lipinski definition) is 2. The Labute approximate surface area is 221 Å². The van der Waals surface area contributed by atoms with Crippen molar-refractivity contribution in [3.8, 4) is 11.1 Å². The van der Waals surface area contributed by atoms with E-state index in [1.807, 2.05) is 121 Å². The van der Waals surface area contributed by atoms with Crippen LogP contribution in [0.4, 0.5) is 0 Å². The van der Waals surface area contributed by atoms with Crippen molar-refractivity contribution >= 4 is 11.6 Å². The molecule has 4 nitrogen and oxygen atoms in total. The van der Waals surface area contributed by atoms with Crippen molar-refractivity contribution in [1.29, 1.82) is 0 Å². The van der Waals surface area contributed by atoms with Crippen molar-refractivity contribution in [2.45, 2.75) is 26.9 Å². The number of rotatable bonds is 7. The Hall–Kier alpha value is -2.96. The zero-order valence-electron chi connectivity index (χ0n) is 19.1. The summed E-state index contributed by atoms with van der Waals surface area (Å²) in [5.41, 5.74) is 5.63. The molecule has 0 saturated carbocycles. The van der Waals surface area contributed by atoms with Gasteiger partial charge in [-0.3, -0.25) is 9.59 Å². The summed E-state index contributed by atoms with van der Waals surface area (Å²) in [5, 5.41) is 0. The molecule has 0 amide bonds. The van der Waals surface area contributed by atoms with Crippen LogP contribution in [-0.2, 0) is 13.1 Å². The van der Waals surface area contributed by atoms with Crippen molar-refractivity contribution in [3.05, 3.63) is 120 Å². The van der Waals surface area contributed by atoms with Gasteiger partial charge in [0.1, 0.15) is 0 Å². The fraction of sp³-hybridized carbons (Fsp3) is 0.143. The van der Waals surface area contributed by atoms with Crippen LogP contribution in [0.3, 0.4) is 0 Å². The maximum absolute atomic E-state index is 12.6. The van der Waals surface area contributed by atoms with Gasteiger partial charge in [-0.15, -0.1) is 0 Å². The van der Waals surface area contributed by atoms with Crippen LogP contribution in [-0.4, -0.2) is 11.6 Å². The maximum atomic E-state index is 12.6. The Kier molecular flexibility index (Phi) is 10.0. The Balaban J connectivity index is 0.00000204. The number of hydrogen-bond donors (Lipinski definition) is 0. The van der Waals surface area contributed by atoms with E-state index in [0.717, 1.165) is 22.3 Å². The van der Waals surface area contributed by atoms with Gasteiger partial charge in [0, 0.05) is 34.4 Å². The van der Waals surface area contributed by atoms with E-state index in [0.29, 0.717) is 24.2 Å². The molecule has 4 aromatic rings. The summed E-state index contributed by atoms with van der Waals surface area (Å²) in [6.45, 7) is 4.65. The molecule has 0 saturated heterocycles. The Bertz CT molecular complexity index is 1170. The van der Waals surface area contributed by atoms with Gasteiger partial charge in [0.15, 0.2) is 24.8 Å². The summed E-state index contributed by atoms with van der Waals surface area (Å²) < 4.78 is 3.80. The molecule has 0 radical (unpaired) electrons. The lowest BCUT2D eigenvalue weighted by molar-refractivity contribution is -0.683. The Morgan fingerprint density at radius 1 is 0.588 bits per heavy atom. The van der Waals surface area contributed by atoms with E-state index in [9.17, 15) is 9.59 Å². The summed E-state index contributed by atoms with van der Waals surface area (Å²) in [4.78, 5) is 25.2. The minimum absolute atomic E-state index is 0. The molecule has 0 aliphatic heterocycles. The number of benzene rings is 2. The zero-order chi connectivity index (χ0) is 22.5. The highest BCUT2D eigenvalue weighted by Crippen LogP contribution is 2.21. The number of halogens is 2. The lowest BCUT2D eigenvalue weighted by atomic mass is 10.00. The van der Waals surface area contributed by atoms with Gasteiger partial charge in [0.25, 0.3) is 0 Å². The highest BCUT2D eigenvalue weighted by Gasteiger charge is 2.14. The number of Topliss-reactive ketones (excluding diaryl/α,β-unsaturated/α-hetero) is 2. The van der Waals surface area contributed by atoms with E-state index in [4.69, 9.17) is 0 Å². The van der Waals surface area contributed by atoms with E-state index in [1.54, 1.807) is 0 Å². The number of carbonyl (C=O) groups excluding carboxylic acids is 2. The third-order valence-electron chi connectivity index (χ3n) is 5.41. The summed E-state index contributed by atoms with van der Waals surface area (Å²) in [6.07, 6.45) is 7.73. The largest absolute Gasteiger partial charge is 1.00 e. The van der Waals surface area contributed by atoms with E-state index >= 15 is 0 Å². The number of ketones is 2. The van der Waals surface area contributed by atoms with Crippen molar-refractivity contribution in [1.82, 2.24) is 0 Å². The minimum atomic E-state index is 0. The molecule has 0 spiro atoms. The molecular weight excluding hydrogens is 556 g/mol. The molecule has 0 atom stereocenters.